The Labute approximate surface area is 163 Å². The van der Waals surface area contributed by atoms with E-state index in [1.807, 2.05) is 18.2 Å². The molecule has 0 bridgehead atoms. The number of aromatic nitrogens is 4. The number of hydrogen-bond acceptors (Lipinski definition) is 8. The molecule has 144 valence electrons. The first-order valence-electron chi connectivity index (χ1n) is 8.26. The van der Waals surface area contributed by atoms with Crippen molar-refractivity contribution in [3.63, 3.8) is 0 Å². The van der Waals surface area contributed by atoms with E-state index in [0.29, 0.717) is 21.4 Å². The maximum atomic E-state index is 12.4. The van der Waals surface area contributed by atoms with E-state index in [1.165, 1.54) is 33.4 Å². The normalized spacial score (nSPS) is 12.1. The number of hydrogen-bond donors (Lipinski definition) is 1. The summed E-state index contributed by atoms with van der Waals surface area (Å²) in [4.78, 5) is 34.3. The summed E-state index contributed by atoms with van der Waals surface area (Å²) in [6.45, 7) is 0.245. The zero-order valence-corrected chi connectivity index (χ0v) is 15.9. The number of anilines is 1. The monoisotopic (exact) mass is 400 g/mol. The lowest BCUT2D eigenvalue weighted by molar-refractivity contribution is -0.129. The van der Waals surface area contributed by atoms with Crippen molar-refractivity contribution < 1.29 is 19.1 Å². The Balaban J connectivity index is 1.44. The lowest BCUT2D eigenvalue weighted by atomic mass is 10.2. The van der Waals surface area contributed by atoms with Crippen molar-refractivity contribution in [1.29, 1.82) is 0 Å². The topological polar surface area (TPSA) is 111 Å². The van der Waals surface area contributed by atoms with Crippen LogP contribution in [0.2, 0.25) is 0 Å². The van der Waals surface area contributed by atoms with E-state index in [4.69, 9.17) is 9.47 Å². The minimum absolute atomic E-state index is 0.0463. The molecule has 4 rings (SSSR count). The van der Waals surface area contributed by atoms with Crippen molar-refractivity contribution in [1.82, 2.24) is 24.6 Å². The largest absolute Gasteiger partial charge is 0.454 e. The molecule has 0 atom stereocenters. The number of amides is 2. The SMILES string of the molecule is CN(C)C(=O)Cn1cnc(NC(=O)c2cnc(-c3ccc4c(c3)OCO4)s2)n1. The fourth-order valence-corrected chi connectivity index (χ4v) is 3.22. The van der Waals surface area contributed by atoms with Crippen molar-refractivity contribution in [2.24, 2.45) is 0 Å². The van der Waals surface area contributed by atoms with Crippen molar-refractivity contribution in [3.05, 3.63) is 35.6 Å². The van der Waals surface area contributed by atoms with E-state index < -0.39 is 0 Å². The maximum Gasteiger partial charge on any atom is 0.269 e. The van der Waals surface area contributed by atoms with Gasteiger partial charge in [-0.3, -0.25) is 14.9 Å². The molecule has 1 aliphatic rings. The maximum absolute atomic E-state index is 12.4. The lowest BCUT2D eigenvalue weighted by Crippen LogP contribution is -2.26. The summed E-state index contributed by atoms with van der Waals surface area (Å²) in [5.41, 5.74) is 0.831. The van der Waals surface area contributed by atoms with Gasteiger partial charge in [-0.15, -0.1) is 16.4 Å². The van der Waals surface area contributed by atoms with Gasteiger partial charge in [0.2, 0.25) is 18.6 Å². The molecule has 0 unspecified atom stereocenters. The molecule has 2 amide bonds. The Morgan fingerprint density at radius 3 is 2.89 bits per heavy atom. The van der Waals surface area contributed by atoms with E-state index in [1.54, 1.807) is 14.1 Å². The average molecular weight is 400 g/mol. The zero-order valence-electron chi connectivity index (χ0n) is 15.1. The molecule has 10 nitrogen and oxygen atoms in total. The Hall–Kier alpha value is -3.47. The first-order chi connectivity index (χ1) is 13.5. The molecule has 0 saturated carbocycles. The van der Waals surface area contributed by atoms with Crippen molar-refractivity contribution >= 4 is 29.1 Å². The predicted molar refractivity (Wildman–Crippen MR) is 100 cm³/mol. The summed E-state index contributed by atoms with van der Waals surface area (Å²) in [5, 5.41) is 7.37. The molecular weight excluding hydrogens is 384 g/mol. The molecule has 0 fully saturated rings. The van der Waals surface area contributed by atoms with Gasteiger partial charge in [-0.2, -0.15) is 0 Å². The first-order valence-corrected chi connectivity index (χ1v) is 9.08. The van der Waals surface area contributed by atoms with Crippen LogP contribution in [-0.4, -0.2) is 57.4 Å². The summed E-state index contributed by atoms with van der Waals surface area (Å²) in [5.74, 6) is 0.961. The van der Waals surface area contributed by atoms with Crippen molar-refractivity contribution in [2.45, 2.75) is 6.54 Å². The molecule has 1 N–H and O–H groups in total. The molecule has 0 radical (unpaired) electrons. The fourth-order valence-electron chi connectivity index (χ4n) is 2.41. The van der Waals surface area contributed by atoms with Crippen LogP contribution in [0.4, 0.5) is 5.95 Å². The van der Waals surface area contributed by atoms with Crippen LogP contribution in [0.15, 0.2) is 30.7 Å². The van der Waals surface area contributed by atoms with Gasteiger partial charge in [0.25, 0.3) is 5.91 Å². The number of likely N-dealkylation sites (N-methyl/N-ethyl adjacent to an activating group) is 1. The first kappa shape index (κ1) is 17.9. The van der Waals surface area contributed by atoms with Gasteiger partial charge in [-0.25, -0.2) is 14.6 Å². The van der Waals surface area contributed by atoms with Crippen LogP contribution in [0.1, 0.15) is 9.67 Å². The fraction of sp³-hybridized carbons (Fsp3) is 0.235. The number of nitrogens with one attached hydrogen (secondary N) is 1. The highest BCUT2D eigenvalue weighted by molar-refractivity contribution is 7.17. The van der Waals surface area contributed by atoms with E-state index in [9.17, 15) is 9.59 Å². The quantitative estimate of drug-likeness (QED) is 0.690. The van der Waals surface area contributed by atoms with Gasteiger partial charge in [0, 0.05) is 19.7 Å². The third-order valence-corrected chi connectivity index (χ3v) is 4.95. The van der Waals surface area contributed by atoms with Gasteiger partial charge < -0.3 is 14.4 Å². The molecule has 1 aliphatic heterocycles. The lowest BCUT2D eigenvalue weighted by Gasteiger charge is -2.08. The number of ether oxygens (including phenoxy) is 2. The van der Waals surface area contributed by atoms with Crippen molar-refractivity contribution in [3.8, 4) is 22.1 Å². The second-order valence-corrected chi connectivity index (χ2v) is 7.14. The van der Waals surface area contributed by atoms with Crippen LogP contribution in [0, 0.1) is 0 Å². The molecule has 3 heterocycles. The Kier molecular flexibility index (Phi) is 4.65. The van der Waals surface area contributed by atoms with Crippen LogP contribution >= 0.6 is 11.3 Å². The van der Waals surface area contributed by atoms with Gasteiger partial charge in [0.05, 0.1) is 6.20 Å². The highest BCUT2D eigenvalue weighted by atomic mass is 32.1. The third-order valence-electron chi connectivity index (χ3n) is 3.91. The molecule has 3 aromatic rings. The molecule has 11 heteroatoms. The summed E-state index contributed by atoms with van der Waals surface area (Å²) < 4.78 is 12.0. The van der Waals surface area contributed by atoms with Crippen molar-refractivity contribution in [2.75, 3.05) is 26.2 Å². The molecule has 0 saturated heterocycles. The van der Waals surface area contributed by atoms with Gasteiger partial charge in [-0.05, 0) is 18.2 Å². The van der Waals surface area contributed by atoms with E-state index in [-0.39, 0.29) is 31.1 Å². The molecule has 0 spiro atoms. The Morgan fingerprint density at radius 2 is 2.07 bits per heavy atom. The molecular formula is C17H16N6O4S. The number of thiazole rings is 1. The summed E-state index contributed by atoms with van der Waals surface area (Å²) >= 11 is 1.24. The van der Waals surface area contributed by atoms with Crippen LogP contribution in [0.3, 0.4) is 0 Å². The second kappa shape index (κ2) is 7.27. The molecule has 0 aliphatic carbocycles. The molecule has 1 aromatic carbocycles. The van der Waals surface area contributed by atoms with Crippen LogP contribution in [-0.2, 0) is 11.3 Å². The zero-order chi connectivity index (χ0) is 19.7. The number of rotatable bonds is 5. The predicted octanol–water partition coefficient (Wildman–Crippen LogP) is 1.47. The molecule has 2 aromatic heterocycles. The minimum Gasteiger partial charge on any atom is -0.454 e. The second-order valence-electron chi connectivity index (χ2n) is 6.11. The van der Waals surface area contributed by atoms with Crippen LogP contribution in [0.5, 0.6) is 11.5 Å². The highest BCUT2D eigenvalue weighted by Gasteiger charge is 2.18. The van der Waals surface area contributed by atoms with E-state index >= 15 is 0 Å². The summed E-state index contributed by atoms with van der Waals surface area (Å²) in [7, 11) is 3.31. The number of nitrogens with zero attached hydrogens (tertiary/aromatic N) is 5. The standard InChI is InChI=1S/C17H16N6O4S/c1-22(2)14(24)7-23-8-19-17(21-23)20-15(25)13-6-18-16(28-13)10-3-4-11-12(5-10)27-9-26-11/h3-6,8H,7,9H2,1-2H3,(H,20,21,25). The number of benzene rings is 1. The van der Waals surface area contributed by atoms with Gasteiger partial charge in [-0.1, -0.05) is 0 Å². The van der Waals surface area contributed by atoms with Gasteiger partial charge >= 0.3 is 0 Å². The van der Waals surface area contributed by atoms with E-state index in [0.717, 1.165) is 5.56 Å². The number of fused-ring (bicyclic) bond motifs is 1. The summed E-state index contributed by atoms with van der Waals surface area (Å²) in [6, 6.07) is 5.50. The minimum atomic E-state index is -0.374. The highest BCUT2D eigenvalue weighted by Crippen LogP contribution is 2.37. The van der Waals surface area contributed by atoms with Gasteiger partial charge in [0.1, 0.15) is 22.8 Å². The number of carbonyl (C=O) groups is 2. The number of carbonyl (C=O) groups excluding carboxylic acids is 2. The molecule has 28 heavy (non-hydrogen) atoms. The average Bonchev–Trinajstić information content (AvgIpc) is 3.41. The smallest absolute Gasteiger partial charge is 0.269 e. The van der Waals surface area contributed by atoms with Crippen LogP contribution in [0.25, 0.3) is 10.6 Å². The van der Waals surface area contributed by atoms with Crippen LogP contribution < -0.4 is 14.8 Å². The van der Waals surface area contributed by atoms with Gasteiger partial charge in [0.15, 0.2) is 11.5 Å². The Morgan fingerprint density at radius 1 is 1.25 bits per heavy atom. The Bertz CT molecular complexity index is 1040. The van der Waals surface area contributed by atoms with E-state index in [2.05, 4.69) is 20.4 Å². The third kappa shape index (κ3) is 3.64. The summed E-state index contributed by atoms with van der Waals surface area (Å²) in [6.07, 6.45) is 2.88.